The molecular weight excluding hydrogens is 641 g/mol. The molecule has 0 amide bonds. The Morgan fingerprint density at radius 1 is 0.830 bits per heavy atom. The number of thioether (sulfide) groups is 1. The lowest BCUT2D eigenvalue weighted by molar-refractivity contribution is -0.144. The summed E-state index contributed by atoms with van der Waals surface area (Å²) in [6.45, 7) is 5.10. The van der Waals surface area contributed by atoms with E-state index >= 15 is 0 Å². The number of hydrogen-bond donors (Lipinski definition) is 0. The summed E-state index contributed by atoms with van der Waals surface area (Å²) in [5.74, 6) is 0.729. The number of unbranched alkanes of at least 4 members (excludes halogenated alkanes) is 3. The molecule has 0 saturated heterocycles. The fourth-order valence-electron chi connectivity index (χ4n) is 4.93. The Morgan fingerprint density at radius 3 is 2.28 bits per heavy atom. The minimum atomic E-state index is -3.45. The number of sulfone groups is 1. The zero-order valence-corrected chi connectivity index (χ0v) is 29.4. The van der Waals surface area contributed by atoms with E-state index < -0.39 is 9.84 Å². The van der Waals surface area contributed by atoms with E-state index in [-0.39, 0.29) is 23.3 Å². The smallest absolute Gasteiger partial charge is 0.306 e. The third-order valence-corrected chi connectivity index (χ3v) is 8.89. The van der Waals surface area contributed by atoms with Gasteiger partial charge < -0.3 is 18.9 Å². The number of carbonyl (C=O) groups excluding carboxylic acids is 2. The van der Waals surface area contributed by atoms with Crippen molar-refractivity contribution in [2.45, 2.75) is 81.7 Å². The zero-order chi connectivity index (χ0) is 34.1. The van der Waals surface area contributed by atoms with Crippen LogP contribution in [0.4, 0.5) is 0 Å². The molecule has 0 atom stereocenters. The molecule has 0 spiro atoms. The number of carbonyl (C=O) groups is 2. The second kappa shape index (κ2) is 19.9. The van der Waals surface area contributed by atoms with Gasteiger partial charge in [0, 0.05) is 30.9 Å². The minimum Gasteiger partial charge on any atom is -0.494 e. The lowest BCUT2D eigenvalue weighted by Gasteiger charge is -2.16. The zero-order valence-electron chi connectivity index (χ0n) is 27.8. The van der Waals surface area contributed by atoms with Crippen LogP contribution in [-0.2, 0) is 41.7 Å². The average Bonchev–Trinajstić information content (AvgIpc) is 3.05. The van der Waals surface area contributed by atoms with Crippen LogP contribution in [0.5, 0.6) is 11.5 Å². The summed E-state index contributed by atoms with van der Waals surface area (Å²) >= 11 is 1.42. The van der Waals surface area contributed by atoms with E-state index in [9.17, 15) is 18.0 Å². The van der Waals surface area contributed by atoms with Crippen molar-refractivity contribution in [3.63, 3.8) is 0 Å². The van der Waals surface area contributed by atoms with E-state index in [2.05, 4.69) is 16.0 Å². The van der Waals surface area contributed by atoms with Crippen LogP contribution in [0.3, 0.4) is 0 Å². The molecule has 0 aliphatic rings. The summed E-state index contributed by atoms with van der Waals surface area (Å²) in [6, 6.07) is 12.7. The molecule has 12 heteroatoms. The average molecular weight is 687 g/mol. The Hall–Kier alpha value is -3.64. The van der Waals surface area contributed by atoms with Crippen LogP contribution in [0.15, 0.2) is 58.7 Å². The molecule has 2 aromatic carbocycles. The van der Waals surface area contributed by atoms with Gasteiger partial charge in [-0.2, -0.15) is 0 Å². The maximum atomic E-state index is 12.4. The molecule has 0 N–H and O–H groups in total. The molecule has 256 valence electrons. The lowest BCUT2D eigenvalue weighted by Crippen LogP contribution is -2.10. The van der Waals surface area contributed by atoms with Crippen LogP contribution < -0.4 is 9.47 Å². The normalized spacial score (nSPS) is 11.2. The van der Waals surface area contributed by atoms with Gasteiger partial charge >= 0.3 is 11.9 Å². The first-order valence-electron chi connectivity index (χ1n) is 16.0. The molecule has 0 bridgehead atoms. The third kappa shape index (κ3) is 13.2. The Labute approximate surface area is 282 Å². The Morgan fingerprint density at radius 2 is 1.55 bits per heavy atom. The highest BCUT2D eigenvalue weighted by molar-refractivity contribution is 7.98. The summed E-state index contributed by atoms with van der Waals surface area (Å²) in [5.41, 5.74) is 3.42. The first kappa shape index (κ1) is 37.8. The number of hydrogen-bond acceptors (Lipinski definition) is 11. The van der Waals surface area contributed by atoms with Gasteiger partial charge in [0.1, 0.15) is 11.5 Å². The Kier molecular flexibility index (Phi) is 16.0. The molecule has 0 fully saturated rings. The summed E-state index contributed by atoms with van der Waals surface area (Å²) < 4.78 is 47.0. The molecule has 0 saturated carbocycles. The number of ether oxygens (including phenoxy) is 4. The van der Waals surface area contributed by atoms with Crippen LogP contribution in [-0.4, -0.2) is 69.3 Å². The van der Waals surface area contributed by atoms with Gasteiger partial charge in [-0.1, -0.05) is 36.7 Å². The summed E-state index contributed by atoms with van der Waals surface area (Å²) in [6.07, 6.45) is 10.8. The van der Waals surface area contributed by atoms with Gasteiger partial charge in [-0.25, -0.2) is 18.4 Å². The first-order chi connectivity index (χ1) is 22.6. The highest BCUT2D eigenvalue weighted by Gasteiger charge is 2.15. The molecule has 10 nitrogen and oxygen atoms in total. The van der Waals surface area contributed by atoms with Crippen molar-refractivity contribution >= 4 is 33.5 Å². The fraction of sp³-hybridized carbons (Fsp3) is 0.486. The van der Waals surface area contributed by atoms with E-state index in [0.29, 0.717) is 67.9 Å². The summed E-state index contributed by atoms with van der Waals surface area (Å²) in [4.78, 5) is 32.7. The van der Waals surface area contributed by atoms with E-state index in [1.165, 1.54) is 18.0 Å². The van der Waals surface area contributed by atoms with Gasteiger partial charge in [-0.15, -0.1) is 0 Å². The molecule has 1 heterocycles. The maximum absolute atomic E-state index is 12.4. The second-order valence-electron chi connectivity index (χ2n) is 10.9. The molecule has 0 unspecified atom stereocenters. The van der Waals surface area contributed by atoms with Gasteiger partial charge in [0.2, 0.25) is 0 Å². The Balaban J connectivity index is 1.55. The molecule has 1 aromatic heterocycles. The van der Waals surface area contributed by atoms with Gasteiger partial charge in [0.15, 0.2) is 15.0 Å². The van der Waals surface area contributed by atoms with E-state index in [1.54, 1.807) is 38.2 Å². The highest BCUT2D eigenvalue weighted by atomic mass is 32.2. The van der Waals surface area contributed by atoms with Gasteiger partial charge in [0.05, 0.1) is 37.0 Å². The van der Waals surface area contributed by atoms with Crippen molar-refractivity contribution in [2.24, 2.45) is 0 Å². The SMILES string of the molecule is CCOC(=O)CCCOc1cccc(CCCCCCOc2cc(-c3ccnc(SC)n3)cc(S(C)(=O)=O)c2)c1CCC(=O)OCC. The van der Waals surface area contributed by atoms with E-state index in [4.69, 9.17) is 18.9 Å². The monoisotopic (exact) mass is 686 g/mol. The quantitative estimate of drug-likeness (QED) is 0.0515. The highest BCUT2D eigenvalue weighted by Crippen LogP contribution is 2.29. The number of nitrogens with zero attached hydrogens (tertiary/aromatic N) is 2. The topological polar surface area (TPSA) is 131 Å². The van der Waals surface area contributed by atoms with Gasteiger partial charge in [0.25, 0.3) is 0 Å². The van der Waals surface area contributed by atoms with E-state index in [1.807, 2.05) is 24.5 Å². The second-order valence-corrected chi connectivity index (χ2v) is 13.7. The molecule has 0 aliphatic carbocycles. The predicted octanol–water partition coefficient (Wildman–Crippen LogP) is 6.67. The largest absolute Gasteiger partial charge is 0.494 e. The minimum absolute atomic E-state index is 0.179. The van der Waals surface area contributed by atoms with Crippen LogP contribution in [0.1, 0.15) is 69.9 Å². The van der Waals surface area contributed by atoms with Gasteiger partial charge in [-0.05, 0) is 93.7 Å². The van der Waals surface area contributed by atoms with Crippen molar-refractivity contribution in [1.82, 2.24) is 9.97 Å². The maximum Gasteiger partial charge on any atom is 0.306 e. The van der Waals surface area contributed by atoms with Crippen LogP contribution in [0.25, 0.3) is 11.3 Å². The van der Waals surface area contributed by atoms with E-state index in [0.717, 1.165) is 49.0 Å². The van der Waals surface area contributed by atoms with Crippen LogP contribution >= 0.6 is 11.8 Å². The van der Waals surface area contributed by atoms with Crippen molar-refractivity contribution in [1.29, 1.82) is 0 Å². The predicted molar refractivity (Wildman–Crippen MR) is 183 cm³/mol. The van der Waals surface area contributed by atoms with Crippen molar-refractivity contribution in [3.8, 4) is 22.8 Å². The summed E-state index contributed by atoms with van der Waals surface area (Å²) in [5, 5.41) is 0.603. The molecule has 0 aliphatic heterocycles. The first-order valence-corrected chi connectivity index (χ1v) is 19.2. The molecular formula is C35H46N2O8S2. The Bertz CT molecular complexity index is 1560. The fourth-order valence-corrected chi connectivity index (χ4v) is 5.96. The molecule has 3 rings (SSSR count). The standard InChI is InChI=1S/C35H46N2O8S2/c1-5-42-33(38)16-12-22-45-32-15-11-14-26(30(32)17-18-34(39)43-6-2)13-9-7-8-10-21-44-28-23-27(24-29(25-28)47(4,40)41)31-19-20-36-35(37-31)46-3/h11,14-15,19-20,23-25H,5-10,12-13,16-18,21-22H2,1-4H3. The van der Waals surface area contributed by atoms with Gasteiger partial charge in [-0.3, -0.25) is 9.59 Å². The van der Waals surface area contributed by atoms with Crippen LogP contribution in [0.2, 0.25) is 0 Å². The lowest BCUT2D eigenvalue weighted by atomic mass is 9.96. The third-order valence-electron chi connectivity index (χ3n) is 7.23. The molecule has 3 aromatic rings. The van der Waals surface area contributed by atoms with Crippen molar-refractivity contribution in [2.75, 3.05) is 38.9 Å². The number of rotatable bonds is 21. The summed E-state index contributed by atoms with van der Waals surface area (Å²) in [7, 11) is -3.45. The molecule has 0 radical (unpaired) electrons. The van der Waals surface area contributed by atoms with Crippen molar-refractivity contribution in [3.05, 3.63) is 59.8 Å². The number of esters is 2. The van der Waals surface area contributed by atoms with Crippen molar-refractivity contribution < 1.29 is 37.0 Å². The number of benzene rings is 2. The number of aryl methyl sites for hydroxylation is 1. The molecule has 47 heavy (non-hydrogen) atoms. The number of aromatic nitrogens is 2. The van der Waals surface area contributed by atoms with Crippen LogP contribution in [0, 0.1) is 0 Å².